The molecule has 0 spiro atoms. The fraction of sp³-hybridized carbons (Fsp3) is 0.250. The van der Waals surface area contributed by atoms with Crippen LogP contribution in [0.25, 0.3) is 6.08 Å². The summed E-state index contributed by atoms with van der Waals surface area (Å²) in [7, 11) is 0. The van der Waals surface area contributed by atoms with E-state index in [4.69, 9.17) is 9.47 Å². The van der Waals surface area contributed by atoms with Crippen LogP contribution in [0.4, 0.5) is 0 Å². The molecule has 1 aliphatic heterocycles. The fourth-order valence-electron chi connectivity index (χ4n) is 2.07. The molecule has 1 atom stereocenters. The topological polar surface area (TPSA) is 52.6 Å². The van der Waals surface area contributed by atoms with E-state index in [-0.39, 0.29) is 11.9 Å². The Morgan fingerprint density at radius 2 is 2.20 bits per heavy atom. The lowest BCUT2D eigenvalue weighted by atomic mass is 9.97. The third-order valence-electron chi connectivity index (χ3n) is 3.07. The zero-order valence-corrected chi connectivity index (χ0v) is 11.5. The number of ether oxygens (including phenoxy) is 2. The second-order valence-electron chi connectivity index (χ2n) is 4.50. The standard InChI is InChI=1S/C16H16O4/c1-4-14-13(10(3)17)8-11-6-7-12(9-15(11)20-14)19-16(18)5-2/h5-9,14H,2,4H2,1,3H3. The maximum absolute atomic E-state index is 11.6. The molecular weight excluding hydrogens is 256 g/mol. The minimum atomic E-state index is -0.521. The van der Waals surface area contributed by atoms with Crippen LogP contribution in [-0.4, -0.2) is 17.9 Å². The molecule has 0 radical (unpaired) electrons. The van der Waals surface area contributed by atoms with Crippen LogP contribution >= 0.6 is 0 Å². The van der Waals surface area contributed by atoms with Crippen molar-refractivity contribution in [3.8, 4) is 11.5 Å². The van der Waals surface area contributed by atoms with Gasteiger partial charge in [-0.05, 0) is 31.6 Å². The van der Waals surface area contributed by atoms with Crippen LogP contribution in [0.5, 0.6) is 11.5 Å². The number of ketones is 1. The summed E-state index contributed by atoms with van der Waals surface area (Å²) in [5, 5.41) is 0. The maximum Gasteiger partial charge on any atom is 0.335 e. The number of hydrogen-bond donors (Lipinski definition) is 0. The van der Waals surface area contributed by atoms with Crippen LogP contribution in [-0.2, 0) is 9.59 Å². The van der Waals surface area contributed by atoms with Crippen molar-refractivity contribution < 1.29 is 19.1 Å². The molecule has 1 aromatic rings. The summed E-state index contributed by atoms with van der Waals surface area (Å²) in [6, 6.07) is 5.06. The summed E-state index contributed by atoms with van der Waals surface area (Å²) >= 11 is 0. The zero-order chi connectivity index (χ0) is 14.7. The zero-order valence-electron chi connectivity index (χ0n) is 11.5. The minimum Gasteiger partial charge on any atom is -0.485 e. The predicted molar refractivity (Wildman–Crippen MR) is 75.6 cm³/mol. The average Bonchev–Trinajstić information content (AvgIpc) is 2.45. The lowest BCUT2D eigenvalue weighted by Crippen LogP contribution is -2.25. The summed E-state index contributed by atoms with van der Waals surface area (Å²) in [6.45, 7) is 6.83. The molecule has 0 bridgehead atoms. The van der Waals surface area contributed by atoms with Crippen molar-refractivity contribution in [2.24, 2.45) is 0 Å². The van der Waals surface area contributed by atoms with Gasteiger partial charge >= 0.3 is 5.97 Å². The van der Waals surface area contributed by atoms with E-state index in [1.54, 1.807) is 18.2 Å². The quantitative estimate of drug-likeness (QED) is 0.480. The molecule has 0 aliphatic carbocycles. The number of Topliss-reactive ketones (excluding diaryl/α,β-unsaturated/α-hetero) is 1. The van der Waals surface area contributed by atoms with E-state index >= 15 is 0 Å². The molecule has 1 heterocycles. The first-order valence-corrected chi connectivity index (χ1v) is 6.42. The highest BCUT2D eigenvalue weighted by Crippen LogP contribution is 2.34. The number of fused-ring (bicyclic) bond motifs is 1. The van der Waals surface area contributed by atoms with Gasteiger partial charge in [0.15, 0.2) is 5.78 Å². The number of carbonyl (C=O) groups excluding carboxylic acids is 2. The highest BCUT2D eigenvalue weighted by molar-refractivity contribution is 5.99. The van der Waals surface area contributed by atoms with Gasteiger partial charge in [0.05, 0.1) is 0 Å². The molecular formula is C16H16O4. The van der Waals surface area contributed by atoms with Crippen molar-refractivity contribution in [3.05, 3.63) is 42.0 Å². The molecule has 0 saturated carbocycles. The van der Waals surface area contributed by atoms with Gasteiger partial charge in [0.25, 0.3) is 0 Å². The second-order valence-corrected chi connectivity index (χ2v) is 4.50. The number of carbonyl (C=O) groups is 2. The van der Waals surface area contributed by atoms with Crippen molar-refractivity contribution in [1.82, 2.24) is 0 Å². The van der Waals surface area contributed by atoms with Crippen molar-refractivity contribution >= 4 is 17.8 Å². The van der Waals surface area contributed by atoms with Crippen LogP contribution in [0.3, 0.4) is 0 Å². The summed E-state index contributed by atoms with van der Waals surface area (Å²) in [5.41, 5.74) is 1.47. The largest absolute Gasteiger partial charge is 0.485 e. The highest BCUT2D eigenvalue weighted by Gasteiger charge is 2.24. The maximum atomic E-state index is 11.6. The monoisotopic (exact) mass is 272 g/mol. The van der Waals surface area contributed by atoms with E-state index in [0.717, 1.165) is 11.6 Å². The lowest BCUT2D eigenvalue weighted by molar-refractivity contribution is -0.129. The van der Waals surface area contributed by atoms with E-state index in [1.165, 1.54) is 6.92 Å². The van der Waals surface area contributed by atoms with Crippen molar-refractivity contribution in [2.45, 2.75) is 26.4 Å². The van der Waals surface area contributed by atoms with Gasteiger partial charge in [0.2, 0.25) is 0 Å². The molecule has 0 saturated heterocycles. The Balaban J connectivity index is 2.35. The molecule has 2 rings (SSSR count). The molecule has 4 nitrogen and oxygen atoms in total. The van der Waals surface area contributed by atoms with Crippen molar-refractivity contribution in [2.75, 3.05) is 0 Å². The second kappa shape index (κ2) is 5.74. The molecule has 0 fully saturated rings. The first-order valence-electron chi connectivity index (χ1n) is 6.42. The summed E-state index contributed by atoms with van der Waals surface area (Å²) in [6.07, 6.45) is 3.36. The van der Waals surface area contributed by atoms with Crippen molar-refractivity contribution in [3.63, 3.8) is 0 Å². The van der Waals surface area contributed by atoms with Crippen molar-refractivity contribution in [1.29, 1.82) is 0 Å². The van der Waals surface area contributed by atoms with Gasteiger partial charge in [-0.1, -0.05) is 13.5 Å². The normalized spacial score (nSPS) is 16.5. The summed E-state index contributed by atoms with van der Waals surface area (Å²) in [4.78, 5) is 22.8. The Morgan fingerprint density at radius 1 is 1.45 bits per heavy atom. The molecule has 0 N–H and O–H groups in total. The molecule has 20 heavy (non-hydrogen) atoms. The Labute approximate surface area is 117 Å². The van der Waals surface area contributed by atoms with E-state index in [0.29, 0.717) is 23.5 Å². The smallest absolute Gasteiger partial charge is 0.335 e. The first-order chi connectivity index (χ1) is 9.55. The van der Waals surface area contributed by atoms with Gasteiger partial charge in [-0.15, -0.1) is 0 Å². The van der Waals surface area contributed by atoms with Gasteiger partial charge in [-0.3, -0.25) is 4.79 Å². The fourth-order valence-corrected chi connectivity index (χ4v) is 2.07. The Kier molecular flexibility index (Phi) is 4.03. The Morgan fingerprint density at radius 3 is 2.80 bits per heavy atom. The highest BCUT2D eigenvalue weighted by atomic mass is 16.5. The van der Waals surface area contributed by atoms with Gasteiger partial charge in [-0.25, -0.2) is 4.79 Å². The van der Waals surface area contributed by atoms with Crippen LogP contribution in [0.1, 0.15) is 25.8 Å². The van der Waals surface area contributed by atoms with E-state index in [9.17, 15) is 9.59 Å². The van der Waals surface area contributed by atoms with Crippen LogP contribution < -0.4 is 9.47 Å². The molecule has 4 heteroatoms. The Bertz CT molecular complexity index is 598. The third-order valence-corrected chi connectivity index (χ3v) is 3.07. The van der Waals surface area contributed by atoms with Gasteiger partial charge < -0.3 is 9.47 Å². The Hall–Kier alpha value is -2.36. The molecule has 0 aromatic heterocycles. The molecule has 1 aliphatic rings. The van der Waals surface area contributed by atoms with E-state index in [1.807, 2.05) is 13.0 Å². The third kappa shape index (κ3) is 2.79. The van der Waals surface area contributed by atoms with Crippen LogP contribution in [0.15, 0.2) is 36.4 Å². The summed E-state index contributed by atoms with van der Waals surface area (Å²) in [5.74, 6) is 0.483. The molecule has 104 valence electrons. The number of hydrogen-bond acceptors (Lipinski definition) is 4. The number of benzene rings is 1. The van der Waals surface area contributed by atoms with Gasteiger partial charge in [0.1, 0.15) is 17.6 Å². The minimum absolute atomic E-state index is 0.00432. The molecule has 1 aromatic carbocycles. The number of esters is 1. The van der Waals surface area contributed by atoms with E-state index in [2.05, 4.69) is 6.58 Å². The van der Waals surface area contributed by atoms with Crippen LogP contribution in [0, 0.1) is 0 Å². The number of rotatable bonds is 4. The first kappa shape index (κ1) is 14.1. The van der Waals surface area contributed by atoms with Crippen LogP contribution in [0.2, 0.25) is 0 Å². The lowest BCUT2D eigenvalue weighted by Gasteiger charge is -2.25. The molecule has 1 unspecified atom stereocenters. The van der Waals surface area contributed by atoms with E-state index < -0.39 is 5.97 Å². The molecule has 0 amide bonds. The van der Waals surface area contributed by atoms with Gasteiger partial charge in [0, 0.05) is 23.3 Å². The summed E-state index contributed by atoms with van der Waals surface area (Å²) < 4.78 is 10.9. The van der Waals surface area contributed by atoms with Gasteiger partial charge in [-0.2, -0.15) is 0 Å². The average molecular weight is 272 g/mol. The predicted octanol–water partition coefficient (Wildman–Crippen LogP) is 2.92. The SMILES string of the molecule is C=CC(=O)Oc1ccc2c(c1)OC(CC)C(C(C)=O)=C2.